The Kier molecular flexibility index (Phi) is 3.57. The molecule has 0 bridgehead atoms. The van der Waals surface area contributed by atoms with Crippen LogP contribution >= 0.6 is 11.6 Å². The zero-order valence-corrected chi connectivity index (χ0v) is 7.63. The molecule has 0 aliphatic heterocycles. The zero-order valence-electron chi connectivity index (χ0n) is 6.87. The Labute approximate surface area is 63.6 Å². The molecule has 9 heavy (non-hydrogen) atoms. The summed E-state index contributed by atoms with van der Waals surface area (Å²) in [6.45, 7) is 8.91. The lowest BCUT2D eigenvalue weighted by Gasteiger charge is -2.27. The smallest absolute Gasteiger partial charge is 0.0256 e. The van der Waals surface area contributed by atoms with Crippen molar-refractivity contribution < 1.29 is 0 Å². The van der Waals surface area contributed by atoms with Gasteiger partial charge in [-0.2, -0.15) is 0 Å². The first-order valence-corrected chi connectivity index (χ1v) is 4.11. The third-order valence-corrected chi connectivity index (χ3v) is 2.28. The Balaban J connectivity index is 3.79. The summed E-state index contributed by atoms with van der Waals surface area (Å²) in [5.41, 5.74) is 0.385. The van der Waals surface area contributed by atoms with Gasteiger partial charge in [-0.05, 0) is 11.3 Å². The number of halogens is 1. The van der Waals surface area contributed by atoms with E-state index in [1.54, 1.807) is 0 Å². The lowest BCUT2D eigenvalue weighted by Crippen LogP contribution is -2.20. The van der Waals surface area contributed by atoms with Gasteiger partial charge in [-0.1, -0.05) is 34.1 Å². The Morgan fingerprint density at radius 2 is 1.78 bits per heavy atom. The van der Waals surface area contributed by atoms with Crippen molar-refractivity contribution in [2.24, 2.45) is 11.3 Å². The van der Waals surface area contributed by atoms with Crippen LogP contribution in [0.4, 0.5) is 0 Å². The fourth-order valence-electron chi connectivity index (χ4n) is 0.953. The van der Waals surface area contributed by atoms with Crippen molar-refractivity contribution in [1.29, 1.82) is 0 Å². The van der Waals surface area contributed by atoms with Crippen molar-refractivity contribution in [3.63, 3.8) is 0 Å². The first-order valence-electron chi connectivity index (χ1n) is 3.58. The predicted molar refractivity (Wildman–Crippen MR) is 44.0 cm³/mol. The molecule has 0 fully saturated rings. The minimum absolute atomic E-state index is 0.385. The quantitative estimate of drug-likeness (QED) is 0.528. The third kappa shape index (κ3) is 3.10. The fraction of sp³-hybridized carbons (Fsp3) is 1.00. The van der Waals surface area contributed by atoms with Gasteiger partial charge in [0, 0.05) is 5.88 Å². The molecule has 0 heterocycles. The Hall–Kier alpha value is 0.290. The van der Waals surface area contributed by atoms with Crippen LogP contribution in [0.3, 0.4) is 0 Å². The minimum atomic E-state index is 0.385. The summed E-state index contributed by atoms with van der Waals surface area (Å²) in [4.78, 5) is 0. The molecule has 0 saturated heterocycles. The summed E-state index contributed by atoms with van der Waals surface area (Å²) in [6, 6.07) is 0. The Bertz CT molecular complexity index is 67.1. The summed E-state index contributed by atoms with van der Waals surface area (Å²) in [5, 5.41) is 0. The van der Waals surface area contributed by atoms with E-state index in [2.05, 4.69) is 27.7 Å². The third-order valence-electron chi connectivity index (χ3n) is 1.90. The van der Waals surface area contributed by atoms with Crippen LogP contribution < -0.4 is 0 Å². The molecule has 0 aliphatic carbocycles. The standard InChI is InChI=1S/C8H17Cl/c1-5-7(6-9)8(2,3)4/h7H,5-6H2,1-4H3. The molecule has 0 spiro atoms. The van der Waals surface area contributed by atoms with Gasteiger partial charge in [-0.25, -0.2) is 0 Å². The van der Waals surface area contributed by atoms with E-state index in [-0.39, 0.29) is 0 Å². The Morgan fingerprint density at radius 1 is 1.33 bits per heavy atom. The van der Waals surface area contributed by atoms with Crippen LogP contribution in [0, 0.1) is 11.3 Å². The molecule has 0 amide bonds. The monoisotopic (exact) mass is 148 g/mol. The molecule has 56 valence electrons. The van der Waals surface area contributed by atoms with E-state index in [1.807, 2.05) is 0 Å². The summed E-state index contributed by atoms with van der Waals surface area (Å²) in [7, 11) is 0. The highest BCUT2D eigenvalue weighted by molar-refractivity contribution is 6.18. The van der Waals surface area contributed by atoms with Gasteiger partial charge in [0.05, 0.1) is 0 Å². The van der Waals surface area contributed by atoms with E-state index in [4.69, 9.17) is 11.6 Å². The summed E-state index contributed by atoms with van der Waals surface area (Å²) >= 11 is 5.75. The second kappa shape index (κ2) is 3.46. The van der Waals surface area contributed by atoms with Gasteiger partial charge >= 0.3 is 0 Å². The summed E-state index contributed by atoms with van der Waals surface area (Å²) < 4.78 is 0. The average Bonchev–Trinajstić information content (AvgIpc) is 1.65. The molecule has 0 nitrogen and oxygen atoms in total. The van der Waals surface area contributed by atoms with Crippen LogP contribution in [0.1, 0.15) is 34.1 Å². The van der Waals surface area contributed by atoms with E-state index >= 15 is 0 Å². The molecule has 0 rings (SSSR count). The fourth-order valence-corrected chi connectivity index (χ4v) is 1.63. The maximum absolute atomic E-state index is 5.75. The largest absolute Gasteiger partial charge is 0.126 e. The second-order valence-electron chi connectivity index (χ2n) is 3.63. The number of rotatable bonds is 2. The van der Waals surface area contributed by atoms with E-state index in [1.165, 1.54) is 6.42 Å². The molecule has 1 atom stereocenters. The highest BCUT2D eigenvalue weighted by atomic mass is 35.5. The molecule has 0 aromatic carbocycles. The molecule has 0 aromatic rings. The lowest BCUT2D eigenvalue weighted by atomic mass is 9.80. The van der Waals surface area contributed by atoms with E-state index in [9.17, 15) is 0 Å². The van der Waals surface area contributed by atoms with Crippen molar-refractivity contribution >= 4 is 11.6 Å². The van der Waals surface area contributed by atoms with Crippen molar-refractivity contribution in [2.75, 3.05) is 5.88 Å². The average molecular weight is 149 g/mol. The van der Waals surface area contributed by atoms with E-state index in [0.29, 0.717) is 11.3 Å². The Morgan fingerprint density at radius 3 is 1.78 bits per heavy atom. The molecule has 0 aromatic heterocycles. The molecule has 0 aliphatic rings. The molecular weight excluding hydrogens is 132 g/mol. The van der Waals surface area contributed by atoms with Gasteiger partial charge in [-0.3, -0.25) is 0 Å². The minimum Gasteiger partial charge on any atom is -0.126 e. The number of hydrogen-bond donors (Lipinski definition) is 0. The van der Waals surface area contributed by atoms with Crippen LogP contribution in [0.5, 0.6) is 0 Å². The number of hydrogen-bond acceptors (Lipinski definition) is 0. The normalized spacial score (nSPS) is 15.7. The lowest BCUT2D eigenvalue weighted by molar-refractivity contribution is 0.258. The van der Waals surface area contributed by atoms with E-state index < -0.39 is 0 Å². The van der Waals surface area contributed by atoms with Gasteiger partial charge in [0.25, 0.3) is 0 Å². The maximum atomic E-state index is 5.75. The maximum Gasteiger partial charge on any atom is 0.0256 e. The van der Waals surface area contributed by atoms with Crippen molar-refractivity contribution in [3.8, 4) is 0 Å². The van der Waals surface area contributed by atoms with Crippen molar-refractivity contribution in [1.82, 2.24) is 0 Å². The van der Waals surface area contributed by atoms with Gasteiger partial charge in [0.2, 0.25) is 0 Å². The van der Waals surface area contributed by atoms with Gasteiger partial charge in [0.15, 0.2) is 0 Å². The first-order chi connectivity index (χ1) is 4.02. The van der Waals surface area contributed by atoms with Crippen LogP contribution in [-0.2, 0) is 0 Å². The predicted octanol–water partition coefficient (Wildman–Crippen LogP) is 3.30. The van der Waals surface area contributed by atoms with Gasteiger partial charge in [-0.15, -0.1) is 11.6 Å². The molecule has 0 radical (unpaired) electrons. The summed E-state index contributed by atoms with van der Waals surface area (Å²) in [5.74, 6) is 1.46. The van der Waals surface area contributed by atoms with Gasteiger partial charge < -0.3 is 0 Å². The van der Waals surface area contributed by atoms with Crippen LogP contribution in [-0.4, -0.2) is 5.88 Å². The van der Waals surface area contributed by atoms with Crippen LogP contribution in [0.25, 0.3) is 0 Å². The van der Waals surface area contributed by atoms with E-state index in [0.717, 1.165) is 5.88 Å². The molecule has 0 saturated carbocycles. The second-order valence-corrected chi connectivity index (χ2v) is 3.93. The zero-order chi connectivity index (χ0) is 7.49. The molecule has 1 heteroatoms. The summed E-state index contributed by atoms with van der Waals surface area (Å²) in [6.07, 6.45) is 1.19. The van der Waals surface area contributed by atoms with Crippen molar-refractivity contribution in [2.45, 2.75) is 34.1 Å². The van der Waals surface area contributed by atoms with Crippen LogP contribution in [0.15, 0.2) is 0 Å². The molecule has 0 N–H and O–H groups in total. The first kappa shape index (κ1) is 9.29. The SMILES string of the molecule is CCC(CCl)C(C)(C)C. The topological polar surface area (TPSA) is 0 Å². The number of alkyl halides is 1. The molecule has 1 unspecified atom stereocenters. The van der Waals surface area contributed by atoms with Crippen molar-refractivity contribution in [3.05, 3.63) is 0 Å². The highest BCUT2D eigenvalue weighted by Crippen LogP contribution is 2.28. The van der Waals surface area contributed by atoms with Crippen LogP contribution in [0.2, 0.25) is 0 Å². The van der Waals surface area contributed by atoms with Gasteiger partial charge in [0.1, 0.15) is 0 Å². The highest BCUT2D eigenvalue weighted by Gasteiger charge is 2.21. The molecular formula is C8H17Cl.